The topological polar surface area (TPSA) is 147 Å². The lowest BCUT2D eigenvalue weighted by molar-refractivity contribution is -0.272. The largest absolute Gasteiger partial charge is 0.394 e. The smallest absolute Gasteiger partial charge is 0.219 e. The maximum atomic E-state index is 11.3. The monoisotopic (exact) mass is 364 g/mol. The highest BCUT2D eigenvalue weighted by molar-refractivity contribution is 5.75. The van der Waals surface area contributed by atoms with Crippen LogP contribution in [0.3, 0.4) is 0 Å². The molecule has 1 aliphatic rings. The first kappa shape index (κ1) is 21.7. The van der Waals surface area contributed by atoms with E-state index in [0.717, 1.165) is 0 Å². The van der Waals surface area contributed by atoms with Crippen molar-refractivity contribution in [1.82, 2.24) is 10.6 Å². The highest BCUT2D eigenvalue weighted by Gasteiger charge is 2.45. The molecule has 0 aliphatic carbocycles. The lowest BCUT2D eigenvalue weighted by atomic mass is 9.97. The van der Waals surface area contributed by atoms with Gasteiger partial charge in [-0.25, -0.2) is 0 Å². The molecule has 1 saturated heterocycles. The van der Waals surface area contributed by atoms with E-state index in [1.54, 1.807) is 6.92 Å². The van der Waals surface area contributed by atoms with Crippen molar-refractivity contribution in [3.8, 4) is 0 Å². The molecular weight excluding hydrogens is 336 g/mol. The molecule has 0 aromatic rings. The van der Waals surface area contributed by atoms with Crippen molar-refractivity contribution >= 4 is 11.8 Å². The summed E-state index contributed by atoms with van der Waals surface area (Å²) in [7, 11) is 0. The molecule has 5 N–H and O–H groups in total. The maximum Gasteiger partial charge on any atom is 0.219 e. The summed E-state index contributed by atoms with van der Waals surface area (Å²) >= 11 is 0. The lowest BCUT2D eigenvalue weighted by Crippen LogP contribution is -2.64. The second kappa shape index (κ2) is 11.3. The highest BCUT2D eigenvalue weighted by Crippen LogP contribution is 2.22. The fraction of sp³-hybridized carbons (Fsp3) is 0.867. The van der Waals surface area contributed by atoms with Gasteiger partial charge < -0.3 is 40.2 Å². The molecular formula is C15H28N2O8. The molecule has 10 nitrogen and oxygen atoms in total. The van der Waals surface area contributed by atoms with Gasteiger partial charge in [-0.15, -0.1) is 0 Å². The fourth-order valence-corrected chi connectivity index (χ4v) is 2.33. The Balaban J connectivity index is 2.39. The summed E-state index contributed by atoms with van der Waals surface area (Å²) in [5.74, 6) is -0.477. The Morgan fingerprint density at radius 3 is 2.48 bits per heavy atom. The third-order valence-corrected chi connectivity index (χ3v) is 3.65. The minimum Gasteiger partial charge on any atom is -0.394 e. The summed E-state index contributed by atoms with van der Waals surface area (Å²) in [6, 6.07) is -0.973. The number of carbonyl (C=O) groups is 2. The first-order valence-electron chi connectivity index (χ1n) is 8.26. The molecule has 0 aromatic carbocycles. The van der Waals surface area contributed by atoms with E-state index in [9.17, 15) is 24.9 Å². The number of amides is 2. The van der Waals surface area contributed by atoms with Crippen molar-refractivity contribution < 1.29 is 39.1 Å². The van der Waals surface area contributed by atoms with Crippen LogP contribution in [-0.2, 0) is 23.8 Å². The lowest BCUT2D eigenvalue weighted by Gasteiger charge is -2.42. The van der Waals surface area contributed by atoms with Gasteiger partial charge in [0.2, 0.25) is 11.8 Å². The van der Waals surface area contributed by atoms with E-state index in [-0.39, 0.29) is 19.1 Å². The number of nitrogens with one attached hydrogen (secondary N) is 2. The third kappa shape index (κ3) is 7.22. The van der Waals surface area contributed by atoms with E-state index < -0.39 is 43.2 Å². The number of hydrogen-bond acceptors (Lipinski definition) is 8. The summed E-state index contributed by atoms with van der Waals surface area (Å²) in [6.45, 7) is 3.53. The predicted octanol–water partition coefficient (Wildman–Crippen LogP) is -2.51. The number of ether oxygens (including phenoxy) is 3. The Labute approximate surface area is 146 Å². The Morgan fingerprint density at radius 1 is 1.16 bits per heavy atom. The van der Waals surface area contributed by atoms with Crippen LogP contribution < -0.4 is 10.6 Å². The molecule has 5 unspecified atom stereocenters. The van der Waals surface area contributed by atoms with Crippen LogP contribution in [0.5, 0.6) is 0 Å². The Kier molecular flexibility index (Phi) is 9.86. The summed E-state index contributed by atoms with van der Waals surface area (Å²) in [6.07, 6.45) is -4.34. The molecule has 1 rings (SSSR count). The van der Waals surface area contributed by atoms with Crippen LogP contribution in [0.2, 0.25) is 0 Å². The quantitative estimate of drug-likeness (QED) is 0.267. The molecule has 0 spiro atoms. The molecule has 0 saturated carbocycles. The van der Waals surface area contributed by atoms with Crippen molar-refractivity contribution in [2.75, 3.05) is 33.0 Å². The molecule has 10 heteroatoms. The summed E-state index contributed by atoms with van der Waals surface area (Å²) in [4.78, 5) is 22.3. The summed E-state index contributed by atoms with van der Waals surface area (Å²) in [5, 5.41) is 34.3. The van der Waals surface area contributed by atoms with Crippen molar-refractivity contribution in [3.05, 3.63) is 0 Å². The first-order chi connectivity index (χ1) is 11.9. The number of carbonyl (C=O) groups excluding carboxylic acids is 2. The third-order valence-electron chi connectivity index (χ3n) is 3.65. The zero-order chi connectivity index (χ0) is 18.8. The minimum absolute atomic E-state index is 0.0591. The molecule has 0 aromatic heterocycles. The fourth-order valence-electron chi connectivity index (χ4n) is 2.33. The van der Waals surface area contributed by atoms with Crippen LogP contribution in [0.15, 0.2) is 0 Å². The van der Waals surface area contributed by atoms with Gasteiger partial charge in [0.1, 0.15) is 24.4 Å². The molecule has 2 amide bonds. The SMILES string of the molecule is CCC(=O)NCCOCCOC1OC(CO)C(O)C(O)C1NC(C)=O. The van der Waals surface area contributed by atoms with Crippen LogP contribution in [0.25, 0.3) is 0 Å². The van der Waals surface area contributed by atoms with Crippen molar-refractivity contribution in [3.63, 3.8) is 0 Å². The van der Waals surface area contributed by atoms with Gasteiger partial charge in [0.25, 0.3) is 0 Å². The maximum absolute atomic E-state index is 11.3. The zero-order valence-electron chi connectivity index (χ0n) is 14.5. The molecule has 0 radical (unpaired) electrons. The van der Waals surface area contributed by atoms with E-state index in [4.69, 9.17) is 14.2 Å². The van der Waals surface area contributed by atoms with Gasteiger partial charge in [0.05, 0.1) is 26.4 Å². The van der Waals surface area contributed by atoms with Crippen molar-refractivity contribution in [2.24, 2.45) is 0 Å². The molecule has 146 valence electrons. The van der Waals surface area contributed by atoms with E-state index >= 15 is 0 Å². The second-order valence-electron chi connectivity index (χ2n) is 5.62. The van der Waals surface area contributed by atoms with Crippen LogP contribution >= 0.6 is 0 Å². The standard InChI is InChI=1S/C15H28N2O8/c1-3-11(20)16-4-5-23-6-7-24-15-12(17-9(2)19)14(22)13(21)10(8-18)25-15/h10,12-15,18,21-22H,3-8H2,1-2H3,(H,16,20)(H,17,19). The Hall–Kier alpha value is -1.30. The van der Waals surface area contributed by atoms with E-state index in [0.29, 0.717) is 19.6 Å². The van der Waals surface area contributed by atoms with Gasteiger partial charge >= 0.3 is 0 Å². The second-order valence-corrected chi connectivity index (χ2v) is 5.62. The van der Waals surface area contributed by atoms with Gasteiger partial charge in [-0.05, 0) is 0 Å². The molecule has 1 fully saturated rings. The first-order valence-corrected chi connectivity index (χ1v) is 8.26. The van der Waals surface area contributed by atoms with Crippen LogP contribution in [0, 0.1) is 0 Å². The average Bonchev–Trinajstić information content (AvgIpc) is 2.59. The molecule has 1 heterocycles. The molecule has 1 aliphatic heterocycles. The van der Waals surface area contributed by atoms with E-state index in [2.05, 4.69) is 10.6 Å². The van der Waals surface area contributed by atoms with Gasteiger partial charge in [-0.2, -0.15) is 0 Å². The summed E-state index contributed by atoms with van der Waals surface area (Å²) < 4.78 is 16.2. The number of aliphatic hydroxyl groups excluding tert-OH is 3. The van der Waals surface area contributed by atoms with E-state index in [1.807, 2.05) is 0 Å². The Morgan fingerprint density at radius 2 is 1.88 bits per heavy atom. The van der Waals surface area contributed by atoms with Crippen LogP contribution in [0.4, 0.5) is 0 Å². The predicted molar refractivity (Wildman–Crippen MR) is 85.4 cm³/mol. The van der Waals surface area contributed by atoms with Gasteiger partial charge in [-0.1, -0.05) is 6.92 Å². The summed E-state index contributed by atoms with van der Waals surface area (Å²) in [5.41, 5.74) is 0. The number of aliphatic hydroxyl groups is 3. The Bertz CT molecular complexity index is 422. The zero-order valence-corrected chi connectivity index (χ0v) is 14.5. The van der Waals surface area contributed by atoms with Gasteiger partial charge in [0.15, 0.2) is 6.29 Å². The van der Waals surface area contributed by atoms with Crippen molar-refractivity contribution in [1.29, 1.82) is 0 Å². The normalized spacial score (nSPS) is 29.2. The van der Waals surface area contributed by atoms with Crippen LogP contribution in [-0.4, -0.2) is 90.7 Å². The average molecular weight is 364 g/mol. The highest BCUT2D eigenvalue weighted by atomic mass is 16.7. The van der Waals surface area contributed by atoms with Crippen LogP contribution in [0.1, 0.15) is 20.3 Å². The minimum atomic E-state index is -1.35. The molecule has 25 heavy (non-hydrogen) atoms. The molecule has 5 atom stereocenters. The van der Waals surface area contributed by atoms with Gasteiger partial charge in [0, 0.05) is 19.9 Å². The van der Waals surface area contributed by atoms with Crippen molar-refractivity contribution in [2.45, 2.75) is 50.9 Å². The number of rotatable bonds is 10. The van der Waals surface area contributed by atoms with Gasteiger partial charge in [-0.3, -0.25) is 9.59 Å². The number of hydrogen-bond donors (Lipinski definition) is 5. The van der Waals surface area contributed by atoms with E-state index in [1.165, 1.54) is 6.92 Å². The molecule has 0 bridgehead atoms.